The lowest BCUT2D eigenvalue weighted by Gasteiger charge is -2.05. The average Bonchev–Trinajstić information content (AvgIpc) is 3.13. The third-order valence-electron chi connectivity index (χ3n) is 2.80. The van der Waals surface area contributed by atoms with Crippen LogP contribution in [0.15, 0.2) is 33.1 Å². The lowest BCUT2D eigenvalue weighted by Crippen LogP contribution is -2.23. The van der Waals surface area contributed by atoms with E-state index in [2.05, 4.69) is 32.6 Å². The number of aromatic nitrogens is 2. The lowest BCUT2D eigenvalue weighted by atomic mass is 10.3. The highest BCUT2D eigenvalue weighted by Gasteiger charge is 2.22. The molecule has 2 aromatic heterocycles. The minimum absolute atomic E-state index is 0.147. The van der Waals surface area contributed by atoms with Crippen molar-refractivity contribution in [3.8, 4) is 5.75 Å². The van der Waals surface area contributed by atoms with Crippen molar-refractivity contribution < 1.29 is 19.2 Å². The number of thiazole rings is 2. The molecule has 0 fully saturated rings. The molecule has 0 atom stereocenters. The summed E-state index contributed by atoms with van der Waals surface area (Å²) in [7, 11) is 0. The van der Waals surface area contributed by atoms with Crippen LogP contribution < -0.4 is 10.5 Å². The summed E-state index contributed by atoms with van der Waals surface area (Å²) in [5.41, 5.74) is 5.94. The molecule has 25 heavy (non-hydrogen) atoms. The van der Waals surface area contributed by atoms with Crippen molar-refractivity contribution in [3.63, 3.8) is 0 Å². The van der Waals surface area contributed by atoms with E-state index in [-0.39, 0.29) is 22.3 Å². The number of nitrogen functional groups attached to an aromatic ring is 1. The third-order valence-corrected chi connectivity index (χ3v) is 4.67. The van der Waals surface area contributed by atoms with Gasteiger partial charge in [-0.15, -0.1) is 35.3 Å². The number of oxime groups is 1. The van der Waals surface area contributed by atoms with E-state index in [0.717, 1.165) is 23.0 Å². The van der Waals surface area contributed by atoms with Crippen molar-refractivity contribution in [3.05, 3.63) is 29.3 Å². The second-order valence-electron chi connectivity index (χ2n) is 4.58. The Balaban J connectivity index is 1.94. The molecule has 0 amide bonds. The first-order chi connectivity index (χ1) is 11.9. The van der Waals surface area contributed by atoms with Crippen LogP contribution >= 0.6 is 35.3 Å². The van der Waals surface area contributed by atoms with Gasteiger partial charge in [-0.05, 0) is 12.1 Å². The molecule has 128 valence electrons. The molecule has 2 heterocycles. The minimum Gasteiger partial charge on any atom is -0.419 e. The third kappa shape index (κ3) is 3.95. The Labute approximate surface area is 154 Å². The summed E-state index contributed by atoms with van der Waals surface area (Å²) in [5.74, 6) is -1.31. The number of benzene rings is 1. The van der Waals surface area contributed by atoms with Crippen LogP contribution in [0, 0.1) is 0 Å². The molecule has 3 rings (SSSR count). The van der Waals surface area contributed by atoms with Crippen LogP contribution in [0.25, 0.3) is 10.2 Å². The monoisotopic (exact) mass is 394 g/mol. The molecule has 11 heteroatoms. The fourth-order valence-corrected chi connectivity index (χ4v) is 3.50. The van der Waals surface area contributed by atoms with Gasteiger partial charge < -0.3 is 15.3 Å². The summed E-state index contributed by atoms with van der Waals surface area (Å²) < 4.78 is 6.73. The molecule has 1 aromatic carbocycles. The summed E-state index contributed by atoms with van der Waals surface area (Å²) in [5, 5.41) is 5.28. The van der Waals surface area contributed by atoms with Crippen LogP contribution in [0.1, 0.15) is 12.6 Å². The number of nitrogens with zero attached hydrogens (tertiary/aromatic N) is 3. The number of anilines is 1. The predicted molar refractivity (Wildman–Crippen MR) is 97.3 cm³/mol. The molecule has 3 aromatic rings. The lowest BCUT2D eigenvalue weighted by molar-refractivity contribution is -0.141. The van der Waals surface area contributed by atoms with E-state index in [0.29, 0.717) is 9.86 Å². The number of thiol groups is 1. The minimum atomic E-state index is -0.854. The predicted octanol–water partition coefficient (Wildman–Crippen LogP) is 2.50. The zero-order valence-corrected chi connectivity index (χ0v) is 15.2. The van der Waals surface area contributed by atoms with Crippen LogP contribution in [-0.2, 0) is 14.4 Å². The van der Waals surface area contributed by atoms with Crippen molar-refractivity contribution >= 4 is 68.3 Å². The number of esters is 1. The highest BCUT2D eigenvalue weighted by molar-refractivity contribution is 7.82. The van der Waals surface area contributed by atoms with Gasteiger partial charge >= 0.3 is 11.9 Å². The van der Waals surface area contributed by atoms with E-state index in [4.69, 9.17) is 10.5 Å². The first-order valence-electron chi connectivity index (χ1n) is 6.71. The second kappa shape index (κ2) is 7.17. The van der Waals surface area contributed by atoms with Crippen molar-refractivity contribution in [2.45, 2.75) is 11.3 Å². The van der Waals surface area contributed by atoms with E-state index in [9.17, 15) is 9.59 Å². The quantitative estimate of drug-likeness (QED) is 0.174. The normalized spacial score (nSPS) is 11.5. The molecule has 8 nitrogen and oxygen atoms in total. The average molecular weight is 394 g/mol. The number of carbonyl (C=O) groups excluding carboxylic acids is 2. The van der Waals surface area contributed by atoms with E-state index in [1.165, 1.54) is 16.7 Å². The van der Waals surface area contributed by atoms with Crippen LogP contribution in [0.4, 0.5) is 5.13 Å². The fourth-order valence-electron chi connectivity index (χ4n) is 1.84. The van der Waals surface area contributed by atoms with Gasteiger partial charge in [0.1, 0.15) is 15.6 Å². The number of rotatable bonds is 4. The summed E-state index contributed by atoms with van der Waals surface area (Å²) in [4.78, 5) is 36.3. The molecular weight excluding hydrogens is 384 g/mol. The SMILES string of the molecule is CC(=O)ON=C(C(=O)Oc1cccc2sc(S)nc12)c1csc(N)n1. The Bertz CT molecular complexity index is 995. The maximum atomic E-state index is 12.5. The van der Waals surface area contributed by atoms with Crippen LogP contribution in [0.3, 0.4) is 0 Å². The van der Waals surface area contributed by atoms with Gasteiger partial charge in [0.2, 0.25) is 5.71 Å². The molecule has 0 radical (unpaired) electrons. The topological polar surface area (TPSA) is 117 Å². The second-order valence-corrected chi connectivity index (χ2v) is 7.23. The molecule has 0 saturated heterocycles. The zero-order valence-electron chi connectivity index (χ0n) is 12.6. The Kier molecular flexibility index (Phi) is 4.97. The van der Waals surface area contributed by atoms with Gasteiger partial charge in [-0.25, -0.2) is 19.6 Å². The number of ether oxygens (including phenoxy) is 1. The van der Waals surface area contributed by atoms with Gasteiger partial charge in [-0.3, -0.25) is 0 Å². The molecule has 0 bridgehead atoms. The fraction of sp³-hybridized carbons (Fsp3) is 0.0714. The smallest absolute Gasteiger partial charge is 0.368 e. The van der Waals surface area contributed by atoms with Crippen molar-refractivity contribution in [2.24, 2.45) is 5.16 Å². The van der Waals surface area contributed by atoms with Crippen LogP contribution in [0.2, 0.25) is 0 Å². The standard InChI is InChI=1S/C14H10N4O4S3/c1-6(19)22-18-10(7-5-24-13(15)16-7)12(20)21-8-3-2-4-9-11(8)17-14(23)25-9/h2-5H,1H3,(H2,15,16)(H,17,23). The zero-order chi connectivity index (χ0) is 18.0. The Morgan fingerprint density at radius 2 is 2.12 bits per heavy atom. The molecule has 0 unspecified atom stereocenters. The van der Waals surface area contributed by atoms with Gasteiger partial charge in [0.15, 0.2) is 10.9 Å². The summed E-state index contributed by atoms with van der Waals surface area (Å²) >= 11 is 6.66. The first-order valence-corrected chi connectivity index (χ1v) is 8.86. The molecule has 0 spiro atoms. The first kappa shape index (κ1) is 17.3. The summed E-state index contributed by atoms with van der Waals surface area (Å²) in [6.45, 7) is 1.16. The van der Waals surface area contributed by atoms with Crippen LogP contribution in [-0.4, -0.2) is 27.6 Å². The molecule has 2 N–H and O–H groups in total. The number of hydrogen-bond donors (Lipinski definition) is 2. The van der Waals surface area contributed by atoms with Gasteiger partial charge in [-0.1, -0.05) is 11.2 Å². The molecular formula is C14H10N4O4S3. The van der Waals surface area contributed by atoms with E-state index >= 15 is 0 Å². The van der Waals surface area contributed by atoms with Crippen molar-refractivity contribution in [1.29, 1.82) is 0 Å². The highest BCUT2D eigenvalue weighted by atomic mass is 32.2. The molecule has 0 saturated carbocycles. The van der Waals surface area contributed by atoms with Crippen molar-refractivity contribution in [1.82, 2.24) is 9.97 Å². The van der Waals surface area contributed by atoms with Gasteiger partial charge in [0.25, 0.3) is 0 Å². The Morgan fingerprint density at radius 3 is 2.80 bits per heavy atom. The van der Waals surface area contributed by atoms with E-state index < -0.39 is 11.9 Å². The number of hydrogen-bond acceptors (Lipinski definition) is 11. The van der Waals surface area contributed by atoms with Crippen molar-refractivity contribution in [2.75, 3.05) is 5.73 Å². The number of fused-ring (bicyclic) bond motifs is 1. The van der Waals surface area contributed by atoms with Crippen LogP contribution in [0.5, 0.6) is 5.75 Å². The van der Waals surface area contributed by atoms with E-state index in [1.807, 2.05) is 6.07 Å². The maximum Gasteiger partial charge on any atom is 0.368 e. The largest absolute Gasteiger partial charge is 0.419 e. The Morgan fingerprint density at radius 1 is 1.32 bits per heavy atom. The molecule has 0 aliphatic carbocycles. The molecule has 0 aliphatic heterocycles. The van der Waals surface area contributed by atoms with E-state index in [1.54, 1.807) is 12.1 Å². The van der Waals surface area contributed by atoms with Gasteiger partial charge in [0.05, 0.1) is 4.70 Å². The van der Waals surface area contributed by atoms with Gasteiger partial charge in [0, 0.05) is 12.3 Å². The summed E-state index contributed by atoms with van der Waals surface area (Å²) in [6, 6.07) is 5.14. The molecule has 0 aliphatic rings. The highest BCUT2D eigenvalue weighted by Crippen LogP contribution is 2.31. The van der Waals surface area contributed by atoms with Gasteiger partial charge in [-0.2, -0.15) is 0 Å². The Hall–Kier alpha value is -2.50. The summed E-state index contributed by atoms with van der Waals surface area (Å²) in [6.07, 6.45) is 0. The number of nitrogens with two attached hydrogens (primary N) is 1. The number of para-hydroxylation sites is 1. The maximum absolute atomic E-state index is 12.5. The number of carbonyl (C=O) groups is 2.